The minimum absolute atomic E-state index is 0.121. The number of hydrogen-bond donors (Lipinski definition) is 2. The molecule has 0 aromatic heterocycles. The predicted octanol–water partition coefficient (Wildman–Crippen LogP) is 2.36. The van der Waals surface area contributed by atoms with Gasteiger partial charge in [0.25, 0.3) is 17.7 Å². The van der Waals surface area contributed by atoms with Gasteiger partial charge in [-0.15, -0.1) is 0 Å². The van der Waals surface area contributed by atoms with Crippen molar-refractivity contribution in [3.05, 3.63) is 65.2 Å². The van der Waals surface area contributed by atoms with E-state index in [0.717, 1.165) is 12.1 Å². The van der Waals surface area contributed by atoms with Crippen molar-refractivity contribution in [2.45, 2.75) is 13.8 Å². The summed E-state index contributed by atoms with van der Waals surface area (Å²) in [4.78, 5) is 49.4. The first-order valence-electron chi connectivity index (χ1n) is 9.83. The van der Waals surface area contributed by atoms with Crippen LogP contribution >= 0.6 is 0 Å². The van der Waals surface area contributed by atoms with Crippen LogP contribution in [0.1, 0.15) is 34.6 Å². The van der Waals surface area contributed by atoms with Crippen molar-refractivity contribution in [2.75, 3.05) is 31.6 Å². The SMILES string of the molecule is CCN(CC)C(=O)c1ccc(NC(=O)COC(=O)CNC(=O)c2ccc(F)cc2F)cc1. The van der Waals surface area contributed by atoms with Crippen LogP contribution in [0.15, 0.2) is 42.5 Å². The van der Waals surface area contributed by atoms with Gasteiger partial charge in [0, 0.05) is 30.4 Å². The number of nitrogens with one attached hydrogen (secondary N) is 2. The highest BCUT2D eigenvalue weighted by Crippen LogP contribution is 2.12. The molecule has 2 aromatic carbocycles. The Morgan fingerprint density at radius 3 is 2.22 bits per heavy atom. The molecule has 0 fully saturated rings. The average molecular weight is 447 g/mol. The normalized spacial score (nSPS) is 10.2. The zero-order valence-electron chi connectivity index (χ0n) is 17.6. The molecule has 0 saturated carbocycles. The van der Waals surface area contributed by atoms with Crippen LogP contribution in [0.25, 0.3) is 0 Å². The first-order chi connectivity index (χ1) is 15.2. The quantitative estimate of drug-likeness (QED) is 0.575. The maximum Gasteiger partial charge on any atom is 0.325 e. The lowest BCUT2D eigenvalue weighted by molar-refractivity contribution is -0.146. The van der Waals surface area contributed by atoms with E-state index in [1.807, 2.05) is 13.8 Å². The molecule has 0 spiro atoms. The molecule has 10 heteroatoms. The molecular weight excluding hydrogens is 424 g/mol. The summed E-state index contributed by atoms with van der Waals surface area (Å²) in [5, 5.41) is 4.63. The second-order valence-corrected chi connectivity index (χ2v) is 6.57. The van der Waals surface area contributed by atoms with Gasteiger partial charge in [0.2, 0.25) is 0 Å². The summed E-state index contributed by atoms with van der Waals surface area (Å²) in [5.74, 6) is -4.50. The summed E-state index contributed by atoms with van der Waals surface area (Å²) in [5.41, 5.74) is 0.452. The van der Waals surface area contributed by atoms with E-state index < -0.39 is 48.1 Å². The third kappa shape index (κ3) is 6.86. The number of rotatable bonds is 9. The van der Waals surface area contributed by atoms with Crippen LogP contribution in [0, 0.1) is 11.6 Å². The minimum Gasteiger partial charge on any atom is -0.454 e. The van der Waals surface area contributed by atoms with E-state index in [9.17, 15) is 28.0 Å². The van der Waals surface area contributed by atoms with E-state index in [1.165, 1.54) is 0 Å². The van der Waals surface area contributed by atoms with Gasteiger partial charge in [-0.1, -0.05) is 0 Å². The number of ether oxygens (including phenoxy) is 1. The third-order valence-electron chi connectivity index (χ3n) is 4.40. The average Bonchev–Trinajstić information content (AvgIpc) is 2.77. The van der Waals surface area contributed by atoms with E-state index in [4.69, 9.17) is 4.74 Å². The van der Waals surface area contributed by atoms with Crippen LogP contribution in [-0.4, -0.2) is 54.8 Å². The molecule has 0 aliphatic heterocycles. The predicted molar refractivity (Wildman–Crippen MR) is 112 cm³/mol. The van der Waals surface area contributed by atoms with E-state index in [2.05, 4.69) is 10.6 Å². The largest absolute Gasteiger partial charge is 0.454 e. The molecule has 0 unspecified atom stereocenters. The van der Waals surface area contributed by atoms with Crippen molar-refractivity contribution in [1.82, 2.24) is 10.2 Å². The summed E-state index contributed by atoms with van der Waals surface area (Å²) in [6.07, 6.45) is 0. The zero-order chi connectivity index (χ0) is 23.7. The Balaban J connectivity index is 1.78. The smallest absolute Gasteiger partial charge is 0.325 e. The summed E-state index contributed by atoms with van der Waals surface area (Å²) < 4.78 is 31.2. The molecule has 0 aliphatic rings. The fraction of sp³-hybridized carbons (Fsp3) is 0.273. The molecule has 0 saturated heterocycles. The van der Waals surface area contributed by atoms with Gasteiger partial charge in [-0.05, 0) is 50.2 Å². The van der Waals surface area contributed by atoms with Crippen molar-refractivity contribution < 1.29 is 32.7 Å². The molecule has 2 N–H and O–H groups in total. The second kappa shape index (κ2) is 11.5. The highest BCUT2D eigenvalue weighted by molar-refractivity contribution is 5.97. The number of esters is 1. The van der Waals surface area contributed by atoms with Gasteiger partial charge in [-0.3, -0.25) is 19.2 Å². The van der Waals surface area contributed by atoms with Crippen molar-refractivity contribution in [2.24, 2.45) is 0 Å². The number of amides is 3. The Labute approximate surface area is 183 Å². The van der Waals surface area contributed by atoms with E-state index >= 15 is 0 Å². The Hall–Kier alpha value is -3.82. The first kappa shape index (κ1) is 24.4. The number of halogens is 2. The molecule has 32 heavy (non-hydrogen) atoms. The van der Waals surface area contributed by atoms with Crippen LogP contribution in [-0.2, 0) is 14.3 Å². The van der Waals surface area contributed by atoms with Crippen molar-refractivity contribution in [1.29, 1.82) is 0 Å². The van der Waals surface area contributed by atoms with Gasteiger partial charge in [0.1, 0.15) is 18.2 Å². The number of carbonyl (C=O) groups excluding carboxylic acids is 4. The Morgan fingerprint density at radius 1 is 0.969 bits per heavy atom. The van der Waals surface area contributed by atoms with Gasteiger partial charge < -0.3 is 20.3 Å². The van der Waals surface area contributed by atoms with E-state index in [-0.39, 0.29) is 5.91 Å². The monoisotopic (exact) mass is 447 g/mol. The van der Waals surface area contributed by atoms with Gasteiger partial charge in [-0.2, -0.15) is 0 Å². The number of hydrogen-bond acceptors (Lipinski definition) is 5. The molecule has 3 amide bonds. The molecule has 8 nitrogen and oxygen atoms in total. The molecular formula is C22H23F2N3O5. The van der Waals surface area contributed by atoms with Gasteiger partial charge in [0.05, 0.1) is 5.56 Å². The van der Waals surface area contributed by atoms with Gasteiger partial charge in [0.15, 0.2) is 6.61 Å². The number of benzene rings is 2. The highest BCUT2D eigenvalue weighted by atomic mass is 19.1. The van der Waals surface area contributed by atoms with E-state index in [0.29, 0.717) is 30.4 Å². The van der Waals surface area contributed by atoms with Crippen molar-refractivity contribution in [3.63, 3.8) is 0 Å². The summed E-state index contributed by atoms with van der Waals surface area (Å²) in [6.45, 7) is 3.70. The molecule has 0 bridgehead atoms. The summed E-state index contributed by atoms with van der Waals surface area (Å²) >= 11 is 0. The van der Waals surface area contributed by atoms with Crippen LogP contribution in [0.4, 0.5) is 14.5 Å². The number of carbonyl (C=O) groups is 4. The molecule has 170 valence electrons. The van der Waals surface area contributed by atoms with Gasteiger partial charge >= 0.3 is 5.97 Å². The fourth-order valence-electron chi connectivity index (χ4n) is 2.70. The standard InChI is InChI=1S/C22H23F2N3O5/c1-3-27(4-2)22(31)14-5-8-16(9-6-14)26-19(28)13-32-20(29)12-25-21(30)17-10-7-15(23)11-18(17)24/h5-11H,3-4,12-13H2,1-2H3,(H,25,30)(H,26,28). The number of anilines is 1. The zero-order valence-corrected chi connectivity index (χ0v) is 17.6. The molecule has 2 rings (SSSR count). The topological polar surface area (TPSA) is 105 Å². The molecule has 2 aromatic rings. The van der Waals surface area contributed by atoms with Gasteiger partial charge in [-0.25, -0.2) is 8.78 Å². The van der Waals surface area contributed by atoms with Crippen molar-refractivity contribution >= 4 is 29.4 Å². The maximum atomic E-state index is 13.5. The Kier molecular flexibility index (Phi) is 8.82. The van der Waals surface area contributed by atoms with Crippen LogP contribution in [0.5, 0.6) is 0 Å². The van der Waals surface area contributed by atoms with E-state index in [1.54, 1.807) is 29.2 Å². The second-order valence-electron chi connectivity index (χ2n) is 6.57. The lowest BCUT2D eigenvalue weighted by atomic mass is 10.2. The third-order valence-corrected chi connectivity index (χ3v) is 4.40. The first-order valence-corrected chi connectivity index (χ1v) is 9.83. The molecule has 0 heterocycles. The molecule has 0 aliphatic carbocycles. The van der Waals surface area contributed by atoms with Crippen LogP contribution in [0.2, 0.25) is 0 Å². The summed E-state index contributed by atoms with van der Waals surface area (Å²) in [6, 6.07) is 8.65. The highest BCUT2D eigenvalue weighted by Gasteiger charge is 2.15. The Bertz CT molecular complexity index is 992. The summed E-state index contributed by atoms with van der Waals surface area (Å²) in [7, 11) is 0. The molecule has 0 atom stereocenters. The Morgan fingerprint density at radius 2 is 1.62 bits per heavy atom. The number of nitrogens with zero attached hydrogens (tertiary/aromatic N) is 1. The maximum absolute atomic E-state index is 13.5. The molecule has 0 radical (unpaired) electrons. The fourth-order valence-corrected chi connectivity index (χ4v) is 2.70. The van der Waals surface area contributed by atoms with Crippen molar-refractivity contribution in [3.8, 4) is 0 Å². The minimum atomic E-state index is -1.07. The van der Waals surface area contributed by atoms with Crippen LogP contribution < -0.4 is 10.6 Å². The lowest BCUT2D eigenvalue weighted by Crippen LogP contribution is -2.32. The van der Waals surface area contributed by atoms with Crippen LogP contribution in [0.3, 0.4) is 0 Å². The lowest BCUT2D eigenvalue weighted by Gasteiger charge is -2.18.